The minimum atomic E-state index is -0.528. The zero-order chi connectivity index (χ0) is 27.0. The molecule has 196 valence electrons. The first-order chi connectivity index (χ1) is 18.4. The van der Waals surface area contributed by atoms with Crippen molar-refractivity contribution in [3.63, 3.8) is 0 Å². The highest BCUT2D eigenvalue weighted by molar-refractivity contribution is 5.90. The summed E-state index contributed by atoms with van der Waals surface area (Å²) < 4.78 is 39.0. The fourth-order valence-electron chi connectivity index (χ4n) is 4.92. The summed E-state index contributed by atoms with van der Waals surface area (Å²) in [6, 6.07) is 12.0. The predicted molar refractivity (Wildman–Crippen MR) is 139 cm³/mol. The van der Waals surface area contributed by atoms with Crippen LogP contribution in [0.25, 0.3) is 22.1 Å². The lowest BCUT2D eigenvalue weighted by atomic mass is 9.84. The second kappa shape index (κ2) is 10.0. The van der Waals surface area contributed by atoms with Gasteiger partial charge < -0.3 is 32.8 Å². The first-order valence-electron chi connectivity index (χ1n) is 11.8. The molecule has 0 N–H and O–H groups in total. The van der Waals surface area contributed by atoms with Gasteiger partial charge in [0, 0.05) is 17.0 Å². The van der Waals surface area contributed by atoms with Crippen molar-refractivity contribution < 1.29 is 37.6 Å². The maximum absolute atomic E-state index is 13.7. The smallest absolute Gasteiger partial charge is 0.312 e. The molecule has 0 aliphatic carbocycles. The number of ether oxygens (including phenoxy) is 6. The number of methoxy groups -OCH3 is 5. The van der Waals surface area contributed by atoms with E-state index in [0.29, 0.717) is 67.7 Å². The Labute approximate surface area is 218 Å². The molecule has 38 heavy (non-hydrogen) atoms. The van der Waals surface area contributed by atoms with Crippen LogP contribution < -0.4 is 33.8 Å². The lowest BCUT2D eigenvalue weighted by Crippen LogP contribution is -2.22. The molecular formula is C29H26O9. The van der Waals surface area contributed by atoms with Crippen molar-refractivity contribution in [1.29, 1.82) is 0 Å². The van der Waals surface area contributed by atoms with Gasteiger partial charge in [-0.1, -0.05) is 12.1 Å². The molecule has 1 atom stereocenters. The summed E-state index contributed by atoms with van der Waals surface area (Å²) in [6.07, 6.45) is 1.42. The molecule has 0 amide bonds. The molecule has 5 rings (SSSR count). The van der Waals surface area contributed by atoms with Gasteiger partial charge in [0.2, 0.25) is 11.2 Å². The van der Waals surface area contributed by atoms with Crippen LogP contribution in [0.2, 0.25) is 0 Å². The van der Waals surface area contributed by atoms with E-state index in [1.54, 1.807) is 43.5 Å². The van der Waals surface area contributed by atoms with Crippen LogP contribution in [0, 0.1) is 0 Å². The van der Waals surface area contributed by atoms with Crippen molar-refractivity contribution in [2.75, 3.05) is 35.5 Å². The Hall–Kier alpha value is -4.66. The van der Waals surface area contributed by atoms with E-state index in [1.807, 2.05) is 6.07 Å². The summed E-state index contributed by atoms with van der Waals surface area (Å²) in [4.78, 5) is 26.3. The summed E-state index contributed by atoms with van der Waals surface area (Å²) in [5, 5.41) is 0.346. The van der Waals surface area contributed by atoms with Crippen LogP contribution in [-0.2, 0) is 4.79 Å². The fraction of sp³-hybridized carbons (Fsp3) is 0.241. The van der Waals surface area contributed by atoms with E-state index >= 15 is 0 Å². The van der Waals surface area contributed by atoms with Crippen LogP contribution in [0.4, 0.5) is 0 Å². The Balaban J connectivity index is 1.72. The van der Waals surface area contributed by atoms with E-state index < -0.39 is 11.9 Å². The van der Waals surface area contributed by atoms with Crippen molar-refractivity contribution in [2.45, 2.75) is 12.3 Å². The highest BCUT2D eigenvalue weighted by Gasteiger charge is 2.35. The van der Waals surface area contributed by atoms with Crippen LogP contribution >= 0.6 is 0 Å². The van der Waals surface area contributed by atoms with E-state index in [1.165, 1.54) is 34.7 Å². The van der Waals surface area contributed by atoms with Gasteiger partial charge in [-0.3, -0.25) is 9.59 Å². The molecule has 1 aliphatic heterocycles. The molecule has 1 aromatic heterocycles. The summed E-state index contributed by atoms with van der Waals surface area (Å²) in [5.74, 6) is 1.70. The molecule has 1 aliphatic rings. The monoisotopic (exact) mass is 518 g/mol. The molecule has 2 heterocycles. The zero-order valence-corrected chi connectivity index (χ0v) is 21.6. The zero-order valence-electron chi connectivity index (χ0n) is 21.6. The lowest BCUT2D eigenvalue weighted by molar-refractivity contribution is -0.135. The van der Waals surface area contributed by atoms with E-state index in [-0.39, 0.29) is 11.8 Å². The standard InChI is InChI=1S/C29H26O9/c1-32-20-9-6-15(12-23(20)34-3)19-14-37-27-17(26(19)31)8-10-21-25(27)18(13-24(30)38-21)16-7-11-22(33-2)29(36-5)28(16)35-4/h6-12,14,18H,13H2,1-5H3/t18-/m1/s1. The first-order valence-corrected chi connectivity index (χ1v) is 11.8. The van der Waals surface area contributed by atoms with Crippen molar-refractivity contribution in [3.8, 4) is 45.6 Å². The fourth-order valence-corrected chi connectivity index (χ4v) is 4.92. The van der Waals surface area contributed by atoms with E-state index in [0.717, 1.165) is 0 Å². The third-order valence-electron chi connectivity index (χ3n) is 6.69. The van der Waals surface area contributed by atoms with Gasteiger partial charge in [-0.05, 0) is 35.9 Å². The van der Waals surface area contributed by atoms with Crippen molar-refractivity contribution >= 4 is 16.9 Å². The van der Waals surface area contributed by atoms with Gasteiger partial charge in [0.25, 0.3) is 0 Å². The molecule has 9 heteroatoms. The third-order valence-corrected chi connectivity index (χ3v) is 6.69. The normalized spacial score (nSPS) is 14.4. The van der Waals surface area contributed by atoms with Gasteiger partial charge >= 0.3 is 5.97 Å². The average Bonchev–Trinajstić information content (AvgIpc) is 2.95. The summed E-state index contributed by atoms with van der Waals surface area (Å²) in [5.41, 5.74) is 2.29. The molecule has 3 aromatic carbocycles. The molecule has 9 nitrogen and oxygen atoms in total. The number of benzene rings is 3. The van der Waals surface area contributed by atoms with Gasteiger partial charge in [0.1, 0.15) is 17.6 Å². The number of hydrogen-bond acceptors (Lipinski definition) is 9. The first kappa shape index (κ1) is 25.0. The highest BCUT2D eigenvalue weighted by atomic mass is 16.5. The predicted octanol–water partition coefficient (Wildman–Crippen LogP) is 4.94. The number of fused-ring (bicyclic) bond motifs is 3. The lowest BCUT2D eigenvalue weighted by Gasteiger charge is -2.27. The molecule has 0 saturated heterocycles. The summed E-state index contributed by atoms with van der Waals surface area (Å²) in [6.45, 7) is 0. The molecule has 0 saturated carbocycles. The SMILES string of the molecule is COc1ccc(-c2coc3c4c(ccc3c2=O)OC(=O)C[C@@H]4c2ccc(OC)c(OC)c2OC)cc1OC. The van der Waals surface area contributed by atoms with Crippen LogP contribution in [0.5, 0.6) is 34.5 Å². The minimum Gasteiger partial charge on any atom is -0.493 e. The van der Waals surface area contributed by atoms with Crippen molar-refractivity contribution in [3.05, 3.63) is 70.1 Å². The highest BCUT2D eigenvalue weighted by Crippen LogP contribution is 2.49. The molecule has 0 unspecified atom stereocenters. The maximum Gasteiger partial charge on any atom is 0.312 e. The topological polar surface area (TPSA) is 103 Å². The number of carbonyl (C=O) groups is 1. The molecule has 0 bridgehead atoms. The van der Waals surface area contributed by atoms with Gasteiger partial charge in [-0.25, -0.2) is 0 Å². The quantitative estimate of drug-likeness (QED) is 0.248. The van der Waals surface area contributed by atoms with Crippen LogP contribution in [0.3, 0.4) is 0 Å². The Kier molecular flexibility index (Phi) is 6.59. The Morgan fingerprint density at radius 1 is 0.763 bits per heavy atom. The van der Waals surface area contributed by atoms with Gasteiger partial charge in [0.15, 0.2) is 23.0 Å². The largest absolute Gasteiger partial charge is 0.493 e. The van der Waals surface area contributed by atoms with Crippen molar-refractivity contribution in [1.82, 2.24) is 0 Å². The molecule has 0 radical (unpaired) electrons. The van der Waals surface area contributed by atoms with Crippen molar-refractivity contribution in [2.24, 2.45) is 0 Å². The molecular weight excluding hydrogens is 492 g/mol. The van der Waals surface area contributed by atoms with Gasteiger partial charge in [0.05, 0.1) is 52.9 Å². The van der Waals surface area contributed by atoms with E-state index in [9.17, 15) is 9.59 Å². The van der Waals surface area contributed by atoms with Crippen LogP contribution in [0.1, 0.15) is 23.5 Å². The van der Waals surface area contributed by atoms with E-state index in [2.05, 4.69) is 0 Å². The number of esters is 1. The van der Waals surface area contributed by atoms with Crippen LogP contribution in [-0.4, -0.2) is 41.5 Å². The molecule has 0 fully saturated rings. The Bertz CT molecular complexity index is 1600. The Morgan fingerprint density at radius 3 is 2.16 bits per heavy atom. The Morgan fingerprint density at radius 2 is 1.47 bits per heavy atom. The average molecular weight is 519 g/mol. The van der Waals surface area contributed by atoms with Gasteiger partial charge in [-0.2, -0.15) is 0 Å². The van der Waals surface area contributed by atoms with Crippen LogP contribution in [0.15, 0.2) is 57.9 Å². The third kappa shape index (κ3) is 3.96. The number of carbonyl (C=O) groups excluding carboxylic acids is 1. The molecule has 4 aromatic rings. The second-order valence-electron chi connectivity index (χ2n) is 8.56. The minimum absolute atomic E-state index is 0.0130. The second-order valence-corrected chi connectivity index (χ2v) is 8.56. The summed E-state index contributed by atoms with van der Waals surface area (Å²) >= 11 is 0. The number of rotatable bonds is 7. The summed E-state index contributed by atoms with van der Waals surface area (Å²) in [7, 11) is 7.63. The number of hydrogen-bond donors (Lipinski definition) is 0. The maximum atomic E-state index is 13.7. The van der Waals surface area contributed by atoms with Gasteiger partial charge in [-0.15, -0.1) is 0 Å². The van der Waals surface area contributed by atoms with E-state index in [4.69, 9.17) is 32.8 Å². The molecule has 0 spiro atoms.